The number of aromatic nitrogens is 1. The summed E-state index contributed by atoms with van der Waals surface area (Å²) in [6.45, 7) is 2.85. The molecule has 2 amide bonds. The Kier molecular flexibility index (Phi) is 5.06. The molecule has 2 aromatic carbocycles. The van der Waals surface area contributed by atoms with E-state index in [1.807, 2.05) is 41.3 Å². The average Bonchev–Trinajstić information content (AvgIpc) is 2.73. The van der Waals surface area contributed by atoms with Crippen LogP contribution in [0.3, 0.4) is 0 Å². The summed E-state index contributed by atoms with van der Waals surface area (Å²) in [5, 5.41) is 3.73. The van der Waals surface area contributed by atoms with E-state index in [9.17, 15) is 9.59 Å². The van der Waals surface area contributed by atoms with Crippen LogP contribution in [0, 0.1) is 0 Å². The van der Waals surface area contributed by atoms with Gasteiger partial charge in [0.15, 0.2) is 0 Å². The molecule has 1 aliphatic heterocycles. The van der Waals surface area contributed by atoms with Gasteiger partial charge >= 0.3 is 0 Å². The van der Waals surface area contributed by atoms with Crippen molar-refractivity contribution in [1.82, 2.24) is 9.88 Å². The lowest BCUT2D eigenvalue weighted by Crippen LogP contribution is -2.42. The van der Waals surface area contributed by atoms with Gasteiger partial charge in [-0.1, -0.05) is 30.3 Å². The van der Waals surface area contributed by atoms with Crippen molar-refractivity contribution < 1.29 is 9.59 Å². The number of nitrogens with zero attached hydrogens (tertiary/aromatic N) is 2. The van der Waals surface area contributed by atoms with Crippen molar-refractivity contribution in [3.63, 3.8) is 0 Å². The van der Waals surface area contributed by atoms with Crippen LogP contribution in [0.2, 0.25) is 0 Å². The summed E-state index contributed by atoms with van der Waals surface area (Å²) in [4.78, 5) is 32.3. The Balaban J connectivity index is 1.63. The number of carbonyl (C=O) groups excluding carboxylic acids is 2. The first-order chi connectivity index (χ1) is 13.6. The molecule has 142 valence electrons. The number of anilines is 1. The molecule has 2 heterocycles. The SMILES string of the molecule is CC1CCCCN1C(=O)c1ccccc1NC(=O)c1ccnc2ccccc12. The van der Waals surface area contributed by atoms with E-state index in [-0.39, 0.29) is 17.9 Å². The van der Waals surface area contributed by atoms with Crippen molar-refractivity contribution in [2.45, 2.75) is 32.2 Å². The summed E-state index contributed by atoms with van der Waals surface area (Å²) in [6.07, 6.45) is 4.82. The number of benzene rings is 2. The maximum atomic E-state index is 13.1. The van der Waals surface area contributed by atoms with E-state index >= 15 is 0 Å². The third kappa shape index (κ3) is 3.48. The lowest BCUT2D eigenvalue weighted by molar-refractivity contribution is 0.0636. The van der Waals surface area contributed by atoms with Gasteiger partial charge in [0.1, 0.15) is 0 Å². The van der Waals surface area contributed by atoms with Gasteiger partial charge in [-0.2, -0.15) is 0 Å². The lowest BCUT2D eigenvalue weighted by atomic mass is 10.0. The fourth-order valence-corrected chi connectivity index (χ4v) is 3.82. The zero-order valence-corrected chi connectivity index (χ0v) is 15.9. The standard InChI is InChI=1S/C23H23N3O2/c1-16-8-6-7-15-26(16)23(28)19-10-3-5-12-21(19)25-22(27)18-13-14-24-20-11-4-2-9-17(18)20/h2-5,9-14,16H,6-8,15H2,1H3,(H,25,27). The molecule has 0 aliphatic carbocycles. The lowest BCUT2D eigenvalue weighted by Gasteiger charge is -2.34. The molecule has 1 aliphatic rings. The summed E-state index contributed by atoms with van der Waals surface area (Å²) in [6, 6.07) is 16.7. The molecule has 1 atom stereocenters. The topological polar surface area (TPSA) is 62.3 Å². The molecular formula is C23H23N3O2. The average molecular weight is 373 g/mol. The fourth-order valence-electron chi connectivity index (χ4n) is 3.82. The van der Waals surface area contributed by atoms with Crippen LogP contribution >= 0.6 is 0 Å². The number of carbonyl (C=O) groups is 2. The molecule has 3 aromatic rings. The van der Waals surface area contributed by atoms with Crippen LogP contribution in [-0.4, -0.2) is 34.3 Å². The number of fused-ring (bicyclic) bond motifs is 1. The highest BCUT2D eigenvalue weighted by Gasteiger charge is 2.26. The minimum absolute atomic E-state index is 0.0253. The number of amides is 2. The van der Waals surface area contributed by atoms with Gasteiger partial charge in [-0.15, -0.1) is 0 Å². The number of nitrogens with one attached hydrogen (secondary N) is 1. The quantitative estimate of drug-likeness (QED) is 0.735. The molecule has 28 heavy (non-hydrogen) atoms. The van der Waals surface area contributed by atoms with Gasteiger partial charge in [0.2, 0.25) is 0 Å². The van der Waals surface area contributed by atoms with Crippen molar-refractivity contribution in [2.75, 3.05) is 11.9 Å². The Morgan fingerprint density at radius 2 is 1.79 bits per heavy atom. The molecule has 0 saturated carbocycles. The highest BCUT2D eigenvalue weighted by Crippen LogP contribution is 2.24. The Bertz CT molecular complexity index is 1030. The highest BCUT2D eigenvalue weighted by atomic mass is 16.2. The molecule has 4 rings (SSSR count). The van der Waals surface area contributed by atoms with Crippen LogP contribution in [0.1, 0.15) is 46.9 Å². The maximum absolute atomic E-state index is 13.1. The van der Waals surface area contributed by atoms with E-state index in [1.54, 1.807) is 24.4 Å². The Morgan fingerprint density at radius 1 is 1.00 bits per heavy atom. The first-order valence-electron chi connectivity index (χ1n) is 9.70. The van der Waals surface area contributed by atoms with E-state index in [0.29, 0.717) is 16.8 Å². The number of para-hydroxylation sites is 2. The van der Waals surface area contributed by atoms with Gasteiger partial charge in [0.05, 0.1) is 22.3 Å². The zero-order chi connectivity index (χ0) is 19.5. The van der Waals surface area contributed by atoms with E-state index in [2.05, 4.69) is 17.2 Å². The molecule has 1 saturated heterocycles. The second-order valence-corrected chi connectivity index (χ2v) is 7.22. The summed E-state index contributed by atoms with van der Waals surface area (Å²) in [7, 11) is 0. The third-order valence-corrected chi connectivity index (χ3v) is 5.36. The van der Waals surface area contributed by atoms with E-state index < -0.39 is 0 Å². The summed E-state index contributed by atoms with van der Waals surface area (Å²) >= 11 is 0. The summed E-state index contributed by atoms with van der Waals surface area (Å²) in [5.74, 6) is -0.270. The van der Waals surface area contributed by atoms with Crippen LogP contribution in [0.5, 0.6) is 0 Å². The van der Waals surface area contributed by atoms with Crippen LogP contribution in [0.15, 0.2) is 60.8 Å². The van der Waals surface area contributed by atoms with E-state index in [1.165, 1.54) is 0 Å². The number of rotatable bonds is 3. The molecule has 0 spiro atoms. The van der Waals surface area contributed by atoms with Crippen molar-refractivity contribution >= 4 is 28.4 Å². The van der Waals surface area contributed by atoms with Crippen LogP contribution in [-0.2, 0) is 0 Å². The molecular weight excluding hydrogens is 350 g/mol. The predicted molar refractivity (Wildman–Crippen MR) is 110 cm³/mol. The highest BCUT2D eigenvalue weighted by molar-refractivity contribution is 6.14. The van der Waals surface area contributed by atoms with Crippen LogP contribution in [0.25, 0.3) is 10.9 Å². The molecule has 1 unspecified atom stereocenters. The predicted octanol–water partition coefficient (Wildman–Crippen LogP) is 4.50. The second-order valence-electron chi connectivity index (χ2n) is 7.22. The Hall–Kier alpha value is -3.21. The van der Waals surface area contributed by atoms with E-state index in [0.717, 1.165) is 36.7 Å². The molecule has 0 bridgehead atoms. The number of piperidine rings is 1. The fraction of sp³-hybridized carbons (Fsp3) is 0.261. The first-order valence-corrected chi connectivity index (χ1v) is 9.70. The Morgan fingerprint density at radius 3 is 2.64 bits per heavy atom. The smallest absolute Gasteiger partial charge is 0.256 e. The summed E-state index contributed by atoms with van der Waals surface area (Å²) < 4.78 is 0. The van der Waals surface area contributed by atoms with Crippen molar-refractivity contribution in [3.8, 4) is 0 Å². The van der Waals surface area contributed by atoms with Gasteiger partial charge in [-0.05, 0) is 50.5 Å². The number of likely N-dealkylation sites (tertiary alicyclic amines) is 1. The normalized spacial score (nSPS) is 16.8. The number of hydrogen-bond acceptors (Lipinski definition) is 3. The van der Waals surface area contributed by atoms with Crippen molar-refractivity contribution in [1.29, 1.82) is 0 Å². The monoisotopic (exact) mass is 373 g/mol. The first kappa shape index (κ1) is 18.2. The molecule has 5 heteroatoms. The minimum atomic E-state index is -0.245. The van der Waals surface area contributed by atoms with Crippen LogP contribution in [0.4, 0.5) is 5.69 Å². The molecule has 0 radical (unpaired) electrons. The van der Waals surface area contributed by atoms with Gasteiger partial charge in [-0.3, -0.25) is 14.6 Å². The van der Waals surface area contributed by atoms with Gasteiger partial charge in [-0.25, -0.2) is 0 Å². The van der Waals surface area contributed by atoms with Crippen molar-refractivity contribution in [3.05, 3.63) is 71.9 Å². The van der Waals surface area contributed by atoms with Crippen molar-refractivity contribution in [2.24, 2.45) is 0 Å². The minimum Gasteiger partial charge on any atom is -0.336 e. The largest absolute Gasteiger partial charge is 0.336 e. The molecule has 1 fully saturated rings. The number of hydrogen-bond donors (Lipinski definition) is 1. The summed E-state index contributed by atoms with van der Waals surface area (Å²) in [5.41, 5.74) is 2.37. The van der Waals surface area contributed by atoms with Gasteiger partial charge < -0.3 is 10.2 Å². The zero-order valence-electron chi connectivity index (χ0n) is 15.9. The van der Waals surface area contributed by atoms with Gasteiger partial charge in [0, 0.05) is 24.2 Å². The van der Waals surface area contributed by atoms with Gasteiger partial charge in [0.25, 0.3) is 11.8 Å². The molecule has 5 nitrogen and oxygen atoms in total. The van der Waals surface area contributed by atoms with Crippen LogP contribution < -0.4 is 5.32 Å². The molecule has 1 N–H and O–H groups in total. The van der Waals surface area contributed by atoms with E-state index in [4.69, 9.17) is 0 Å². The molecule has 1 aromatic heterocycles. The Labute approximate surface area is 164 Å². The maximum Gasteiger partial charge on any atom is 0.256 e. The second kappa shape index (κ2) is 7.80. The third-order valence-electron chi connectivity index (χ3n) is 5.36. The number of pyridine rings is 1.